The van der Waals surface area contributed by atoms with Crippen LogP contribution in [0.4, 0.5) is 0 Å². The average molecular weight is 478 g/mol. The second kappa shape index (κ2) is 11.8. The standard InChI is InChI=1S/C27H31N3O5/c1-34-21-6-7-24-23(17-21)22(10-12-28-24)25(31)8-4-19-11-15-30(18-20(19)5-9-27(32)33)14-2-3-26-29-13-16-35-26/h6-7,10,12-13,16-17,19-20,25,31H,4-5,8-9,11,14-15,18H2,1H3,(H,32,33)/t19-,20+,25?/m1/s1. The van der Waals surface area contributed by atoms with Gasteiger partial charge in [-0.05, 0) is 79.8 Å². The number of likely N-dealkylation sites (tertiary alicyclic amines) is 1. The summed E-state index contributed by atoms with van der Waals surface area (Å²) in [5.41, 5.74) is 1.66. The summed E-state index contributed by atoms with van der Waals surface area (Å²) in [5.74, 6) is 6.96. The number of piperidine rings is 1. The third kappa shape index (κ3) is 6.59. The number of pyridine rings is 1. The first kappa shape index (κ1) is 24.7. The lowest BCUT2D eigenvalue weighted by molar-refractivity contribution is -0.137. The van der Waals surface area contributed by atoms with Crippen molar-refractivity contribution in [2.45, 2.75) is 38.2 Å². The normalized spacial score (nSPS) is 19.1. The maximum Gasteiger partial charge on any atom is 0.303 e. The Morgan fingerprint density at radius 1 is 1.26 bits per heavy atom. The minimum absolute atomic E-state index is 0.147. The molecule has 0 radical (unpaired) electrons. The van der Waals surface area contributed by atoms with Gasteiger partial charge in [0.2, 0.25) is 0 Å². The molecular weight excluding hydrogens is 446 g/mol. The number of fused-ring (bicyclic) bond motifs is 1. The molecule has 0 aliphatic carbocycles. The van der Waals surface area contributed by atoms with E-state index in [9.17, 15) is 15.0 Å². The monoisotopic (exact) mass is 477 g/mol. The quantitative estimate of drug-likeness (QED) is 0.447. The first-order valence-corrected chi connectivity index (χ1v) is 12.0. The molecule has 1 saturated heterocycles. The second-order valence-electron chi connectivity index (χ2n) is 8.99. The lowest BCUT2D eigenvalue weighted by Gasteiger charge is -2.38. The number of ether oxygens (including phenoxy) is 1. The zero-order valence-corrected chi connectivity index (χ0v) is 19.9. The van der Waals surface area contributed by atoms with Gasteiger partial charge in [-0.1, -0.05) is 5.92 Å². The third-order valence-corrected chi connectivity index (χ3v) is 6.79. The fourth-order valence-corrected chi connectivity index (χ4v) is 4.92. The van der Waals surface area contributed by atoms with Crippen molar-refractivity contribution in [3.05, 3.63) is 54.4 Å². The zero-order valence-electron chi connectivity index (χ0n) is 19.9. The number of nitrogens with zero attached hydrogens (tertiary/aromatic N) is 3. The molecule has 3 aromatic rings. The second-order valence-corrected chi connectivity index (χ2v) is 8.99. The van der Waals surface area contributed by atoms with E-state index in [1.807, 2.05) is 24.3 Å². The molecule has 1 fully saturated rings. The van der Waals surface area contributed by atoms with Gasteiger partial charge in [0, 0.05) is 24.5 Å². The number of aliphatic carboxylic acids is 1. The molecule has 8 heteroatoms. The van der Waals surface area contributed by atoms with Crippen LogP contribution < -0.4 is 4.74 Å². The maximum absolute atomic E-state index is 11.3. The molecule has 4 rings (SSSR count). The average Bonchev–Trinajstić information content (AvgIpc) is 3.39. The number of benzene rings is 1. The molecule has 35 heavy (non-hydrogen) atoms. The number of aliphatic hydroxyl groups excluding tert-OH is 1. The molecule has 1 aliphatic heterocycles. The Morgan fingerprint density at radius 3 is 2.91 bits per heavy atom. The summed E-state index contributed by atoms with van der Waals surface area (Å²) >= 11 is 0. The zero-order chi connectivity index (χ0) is 24.6. The number of oxazole rings is 1. The molecule has 0 amide bonds. The number of carboxylic acids is 1. The van der Waals surface area contributed by atoms with Gasteiger partial charge in [0.05, 0.1) is 31.5 Å². The van der Waals surface area contributed by atoms with Crippen molar-refractivity contribution < 1.29 is 24.2 Å². The molecule has 184 valence electrons. The van der Waals surface area contributed by atoms with Gasteiger partial charge in [0.25, 0.3) is 5.89 Å². The number of hydrogen-bond acceptors (Lipinski definition) is 7. The summed E-state index contributed by atoms with van der Waals surface area (Å²) in [6.45, 7) is 2.27. The minimum atomic E-state index is -0.776. The summed E-state index contributed by atoms with van der Waals surface area (Å²) < 4.78 is 10.5. The first-order chi connectivity index (χ1) is 17.0. The van der Waals surface area contributed by atoms with Crippen molar-refractivity contribution in [3.63, 3.8) is 0 Å². The Balaban J connectivity index is 1.39. The van der Waals surface area contributed by atoms with Crippen LogP contribution in [0.2, 0.25) is 0 Å². The number of carbonyl (C=O) groups is 1. The molecule has 3 heterocycles. The summed E-state index contributed by atoms with van der Waals surface area (Å²) in [6, 6.07) is 7.53. The highest BCUT2D eigenvalue weighted by molar-refractivity contribution is 5.83. The third-order valence-electron chi connectivity index (χ3n) is 6.79. The van der Waals surface area contributed by atoms with Crippen molar-refractivity contribution >= 4 is 16.9 Å². The fraction of sp³-hybridized carbons (Fsp3) is 0.444. The summed E-state index contributed by atoms with van der Waals surface area (Å²) in [7, 11) is 1.62. The number of hydrogen-bond donors (Lipinski definition) is 2. The highest BCUT2D eigenvalue weighted by Gasteiger charge is 2.30. The minimum Gasteiger partial charge on any atom is -0.497 e. The van der Waals surface area contributed by atoms with E-state index in [0.717, 1.165) is 48.1 Å². The van der Waals surface area contributed by atoms with E-state index in [4.69, 9.17) is 9.15 Å². The molecule has 0 spiro atoms. The number of methoxy groups -OCH3 is 1. The number of aromatic nitrogens is 2. The van der Waals surface area contributed by atoms with Crippen LogP contribution in [0, 0.1) is 23.7 Å². The van der Waals surface area contributed by atoms with Gasteiger partial charge in [-0.15, -0.1) is 0 Å². The molecule has 1 aromatic carbocycles. The number of rotatable bonds is 9. The Labute approximate surface area is 204 Å². The molecule has 1 aliphatic rings. The molecule has 2 aromatic heterocycles. The number of carboxylic acid groups (broad SMARTS) is 1. The van der Waals surface area contributed by atoms with Crippen LogP contribution in [0.1, 0.15) is 49.7 Å². The molecule has 1 unspecified atom stereocenters. The lowest BCUT2D eigenvalue weighted by Crippen LogP contribution is -2.41. The Hall–Kier alpha value is -3.41. The van der Waals surface area contributed by atoms with Gasteiger partial charge in [-0.25, -0.2) is 4.98 Å². The Bertz CT molecular complexity index is 1180. The molecule has 8 nitrogen and oxygen atoms in total. The highest BCUT2D eigenvalue weighted by Crippen LogP contribution is 2.35. The van der Waals surface area contributed by atoms with Crippen LogP contribution in [0.15, 0.2) is 47.3 Å². The predicted molar refractivity (Wildman–Crippen MR) is 131 cm³/mol. The van der Waals surface area contributed by atoms with E-state index in [0.29, 0.717) is 31.2 Å². The molecule has 3 atom stereocenters. The van der Waals surface area contributed by atoms with E-state index < -0.39 is 12.1 Å². The van der Waals surface area contributed by atoms with Crippen molar-refractivity contribution in [1.29, 1.82) is 0 Å². The molecule has 0 bridgehead atoms. The van der Waals surface area contributed by atoms with Crippen LogP contribution in [0.25, 0.3) is 10.9 Å². The maximum atomic E-state index is 11.3. The van der Waals surface area contributed by atoms with Crippen LogP contribution in [-0.4, -0.2) is 57.8 Å². The Kier molecular flexibility index (Phi) is 8.35. The van der Waals surface area contributed by atoms with Gasteiger partial charge >= 0.3 is 5.97 Å². The van der Waals surface area contributed by atoms with E-state index in [-0.39, 0.29) is 12.3 Å². The van der Waals surface area contributed by atoms with E-state index in [1.54, 1.807) is 19.5 Å². The number of aliphatic hydroxyl groups is 1. The Morgan fingerprint density at radius 2 is 2.14 bits per heavy atom. The SMILES string of the molecule is COc1ccc2nccc(C(O)CC[C@@H]3CCN(CC#Cc4ncco4)C[C@@H]3CCC(=O)O)c2c1. The molecular formula is C27H31N3O5. The largest absolute Gasteiger partial charge is 0.497 e. The molecule has 2 N–H and O–H groups in total. The topological polar surface area (TPSA) is 109 Å². The summed E-state index contributed by atoms with van der Waals surface area (Å²) in [5, 5.41) is 21.2. The van der Waals surface area contributed by atoms with Gasteiger partial charge in [0.15, 0.2) is 0 Å². The summed E-state index contributed by atoms with van der Waals surface area (Å²) in [4.78, 5) is 21.9. The van der Waals surface area contributed by atoms with E-state index >= 15 is 0 Å². The van der Waals surface area contributed by atoms with Crippen molar-refractivity contribution in [3.8, 4) is 17.6 Å². The van der Waals surface area contributed by atoms with Gasteiger partial charge in [-0.3, -0.25) is 14.7 Å². The van der Waals surface area contributed by atoms with Crippen LogP contribution in [0.5, 0.6) is 5.75 Å². The highest BCUT2D eigenvalue weighted by atomic mass is 16.5. The lowest BCUT2D eigenvalue weighted by atomic mass is 9.79. The molecule has 0 saturated carbocycles. The van der Waals surface area contributed by atoms with Crippen molar-refractivity contribution in [2.75, 3.05) is 26.7 Å². The fourth-order valence-electron chi connectivity index (χ4n) is 4.92. The van der Waals surface area contributed by atoms with E-state index in [2.05, 4.69) is 26.7 Å². The van der Waals surface area contributed by atoms with Crippen LogP contribution >= 0.6 is 0 Å². The van der Waals surface area contributed by atoms with Gasteiger partial charge in [0.1, 0.15) is 12.0 Å². The van der Waals surface area contributed by atoms with Crippen LogP contribution in [-0.2, 0) is 4.79 Å². The van der Waals surface area contributed by atoms with Gasteiger partial charge < -0.3 is 19.4 Å². The van der Waals surface area contributed by atoms with Crippen LogP contribution in [0.3, 0.4) is 0 Å². The predicted octanol–water partition coefficient (Wildman–Crippen LogP) is 3.90. The summed E-state index contributed by atoms with van der Waals surface area (Å²) in [6.07, 6.45) is 7.31. The first-order valence-electron chi connectivity index (χ1n) is 12.0. The smallest absolute Gasteiger partial charge is 0.303 e. The van der Waals surface area contributed by atoms with Gasteiger partial charge in [-0.2, -0.15) is 0 Å². The van der Waals surface area contributed by atoms with E-state index in [1.165, 1.54) is 6.26 Å². The van der Waals surface area contributed by atoms with Crippen molar-refractivity contribution in [2.24, 2.45) is 11.8 Å². The van der Waals surface area contributed by atoms with Crippen molar-refractivity contribution in [1.82, 2.24) is 14.9 Å².